The van der Waals surface area contributed by atoms with Crippen molar-refractivity contribution in [2.45, 2.75) is 12.8 Å². The Labute approximate surface area is 119 Å². The van der Waals surface area contributed by atoms with Gasteiger partial charge in [-0.25, -0.2) is 0 Å². The molecule has 2 rings (SSSR count). The summed E-state index contributed by atoms with van der Waals surface area (Å²) in [5.74, 6) is 0.0924. The molecule has 0 saturated carbocycles. The number of nitrogens with zero attached hydrogens (tertiary/aromatic N) is 2. The molecule has 0 atom stereocenters. The molecular weight excluding hydrogens is 316 g/mol. The highest BCUT2D eigenvalue weighted by molar-refractivity contribution is 9.10. The van der Waals surface area contributed by atoms with Crippen molar-refractivity contribution >= 4 is 33.4 Å². The van der Waals surface area contributed by atoms with Crippen LogP contribution in [-0.2, 0) is 0 Å². The second-order valence-corrected chi connectivity index (χ2v) is 5.59. The molecule has 18 heavy (non-hydrogen) atoms. The van der Waals surface area contributed by atoms with Gasteiger partial charge in [0.1, 0.15) is 0 Å². The minimum absolute atomic E-state index is 0.00348. The lowest BCUT2D eigenvalue weighted by Gasteiger charge is -2.29. The number of amides is 1. The Morgan fingerprint density at radius 1 is 1.44 bits per heavy atom. The highest BCUT2D eigenvalue weighted by atomic mass is 79.9. The van der Waals surface area contributed by atoms with Crippen molar-refractivity contribution in [1.82, 2.24) is 4.90 Å². The molecule has 1 saturated heterocycles. The van der Waals surface area contributed by atoms with Gasteiger partial charge < -0.3 is 4.90 Å². The van der Waals surface area contributed by atoms with E-state index in [1.807, 2.05) is 0 Å². The molecule has 5 heteroatoms. The van der Waals surface area contributed by atoms with E-state index in [9.17, 15) is 4.79 Å². The fraction of sp³-hybridized carbons (Fsp3) is 0.385. The van der Waals surface area contributed by atoms with Crippen LogP contribution in [0.1, 0.15) is 23.2 Å². The fourth-order valence-electron chi connectivity index (χ4n) is 2.02. The molecular formula is C13H12BrClN2O. The van der Waals surface area contributed by atoms with Crippen LogP contribution in [0.4, 0.5) is 0 Å². The predicted octanol–water partition coefficient (Wildman–Crippen LogP) is 3.48. The summed E-state index contributed by atoms with van der Waals surface area (Å²) in [7, 11) is 0. The second-order valence-electron chi connectivity index (χ2n) is 4.32. The van der Waals surface area contributed by atoms with E-state index in [2.05, 4.69) is 22.0 Å². The molecule has 0 spiro atoms. The SMILES string of the molecule is N#CC1CCN(C(=O)c2ccc(Cl)c(Br)c2)CC1. The van der Waals surface area contributed by atoms with E-state index in [-0.39, 0.29) is 11.8 Å². The minimum Gasteiger partial charge on any atom is -0.339 e. The van der Waals surface area contributed by atoms with E-state index in [0.717, 1.165) is 17.3 Å². The molecule has 0 radical (unpaired) electrons. The summed E-state index contributed by atoms with van der Waals surface area (Å²) in [5.41, 5.74) is 0.627. The Hall–Kier alpha value is -1.05. The maximum absolute atomic E-state index is 12.2. The quantitative estimate of drug-likeness (QED) is 0.792. The van der Waals surface area contributed by atoms with E-state index >= 15 is 0 Å². The van der Waals surface area contributed by atoms with Crippen LogP contribution in [0, 0.1) is 17.2 Å². The number of piperidine rings is 1. The zero-order valence-electron chi connectivity index (χ0n) is 9.70. The van der Waals surface area contributed by atoms with Crippen LogP contribution < -0.4 is 0 Å². The lowest BCUT2D eigenvalue weighted by atomic mass is 9.98. The van der Waals surface area contributed by atoms with Gasteiger partial charge in [-0.05, 0) is 47.0 Å². The van der Waals surface area contributed by atoms with Gasteiger partial charge in [-0.15, -0.1) is 0 Å². The highest BCUT2D eigenvalue weighted by Gasteiger charge is 2.23. The molecule has 1 aromatic carbocycles. The topological polar surface area (TPSA) is 44.1 Å². The number of halogens is 2. The van der Waals surface area contributed by atoms with E-state index in [1.54, 1.807) is 23.1 Å². The third kappa shape index (κ3) is 2.85. The Morgan fingerprint density at radius 3 is 2.67 bits per heavy atom. The van der Waals surface area contributed by atoms with E-state index in [0.29, 0.717) is 23.7 Å². The number of carbonyl (C=O) groups is 1. The zero-order chi connectivity index (χ0) is 13.1. The number of hydrogen-bond donors (Lipinski definition) is 0. The molecule has 0 bridgehead atoms. The van der Waals surface area contributed by atoms with Crippen LogP contribution in [0.15, 0.2) is 22.7 Å². The Bertz CT molecular complexity index is 504. The third-order valence-corrected chi connectivity index (χ3v) is 4.35. The molecule has 1 amide bonds. The summed E-state index contributed by atoms with van der Waals surface area (Å²) >= 11 is 9.21. The van der Waals surface area contributed by atoms with Crippen LogP contribution in [0.3, 0.4) is 0 Å². The largest absolute Gasteiger partial charge is 0.339 e. The summed E-state index contributed by atoms with van der Waals surface area (Å²) in [6.45, 7) is 1.30. The average molecular weight is 328 g/mol. The van der Waals surface area contributed by atoms with E-state index in [4.69, 9.17) is 16.9 Å². The Morgan fingerprint density at radius 2 is 2.11 bits per heavy atom. The number of hydrogen-bond acceptors (Lipinski definition) is 2. The third-order valence-electron chi connectivity index (χ3n) is 3.13. The lowest BCUT2D eigenvalue weighted by Crippen LogP contribution is -2.38. The molecule has 0 unspecified atom stereocenters. The van der Waals surface area contributed by atoms with Gasteiger partial charge in [0.05, 0.1) is 11.1 Å². The molecule has 1 aliphatic rings. The number of rotatable bonds is 1. The first kappa shape index (κ1) is 13.4. The molecule has 0 aromatic heterocycles. The van der Waals surface area contributed by atoms with Gasteiger partial charge in [0, 0.05) is 29.0 Å². The van der Waals surface area contributed by atoms with Crippen molar-refractivity contribution < 1.29 is 4.79 Å². The molecule has 1 aromatic rings. The fourth-order valence-corrected chi connectivity index (χ4v) is 2.52. The lowest BCUT2D eigenvalue weighted by molar-refractivity contribution is 0.0707. The van der Waals surface area contributed by atoms with Crippen LogP contribution in [0.25, 0.3) is 0 Å². The molecule has 0 N–H and O–H groups in total. The first-order chi connectivity index (χ1) is 8.61. The number of nitriles is 1. The normalized spacial score (nSPS) is 16.4. The van der Waals surface area contributed by atoms with Crippen molar-refractivity contribution in [3.8, 4) is 6.07 Å². The van der Waals surface area contributed by atoms with Crippen molar-refractivity contribution in [2.24, 2.45) is 5.92 Å². The molecule has 1 fully saturated rings. The van der Waals surface area contributed by atoms with Crippen molar-refractivity contribution in [1.29, 1.82) is 5.26 Å². The predicted molar refractivity (Wildman–Crippen MR) is 73.4 cm³/mol. The summed E-state index contributed by atoms with van der Waals surface area (Å²) < 4.78 is 0.724. The minimum atomic E-state index is 0.00348. The van der Waals surface area contributed by atoms with Gasteiger partial charge in [-0.2, -0.15) is 5.26 Å². The van der Waals surface area contributed by atoms with E-state index in [1.165, 1.54) is 0 Å². The maximum Gasteiger partial charge on any atom is 0.253 e. The number of likely N-dealkylation sites (tertiary alicyclic amines) is 1. The van der Waals surface area contributed by atoms with Gasteiger partial charge >= 0.3 is 0 Å². The monoisotopic (exact) mass is 326 g/mol. The van der Waals surface area contributed by atoms with Crippen molar-refractivity contribution in [2.75, 3.05) is 13.1 Å². The van der Waals surface area contributed by atoms with Gasteiger partial charge in [-0.3, -0.25) is 4.79 Å². The summed E-state index contributed by atoms with van der Waals surface area (Å²) in [6.07, 6.45) is 1.52. The number of carbonyl (C=O) groups excluding carboxylic acids is 1. The first-order valence-corrected chi connectivity index (χ1v) is 6.93. The van der Waals surface area contributed by atoms with E-state index < -0.39 is 0 Å². The Balaban J connectivity index is 2.08. The molecule has 1 heterocycles. The van der Waals surface area contributed by atoms with Gasteiger partial charge in [0.15, 0.2) is 0 Å². The Kier molecular flexibility index (Phi) is 4.26. The summed E-state index contributed by atoms with van der Waals surface area (Å²) in [4.78, 5) is 14.0. The molecule has 0 aliphatic carbocycles. The van der Waals surface area contributed by atoms with Crippen LogP contribution in [0.2, 0.25) is 5.02 Å². The molecule has 1 aliphatic heterocycles. The van der Waals surface area contributed by atoms with Crippen molar-refractivity contribution in [3.05, 3.63) is 33.3 Å². The number of benzene rings is 1. The van der Waals surface area contributed by atoms with Crippen molar-refractivity contribution in [3.63, 3.8) is 0 Å². The molecule has 3 nitrogen and oxygen atoms in total. The average Bonchev–Trinajstić information content (AvgIpc) is 2.41. The highest BCUT2D eigenvalue weighted by Crippen LogP contribution is 2.25. The summed E-state index contributed by atoms with van der Waals surface area (Å²) in [5, 5.41) is 9.42. The smallest absolute Gasteiger partial charge is 0.253 e. The van der Waals surface area contributed by atoms with Crippen LogP contribution >= 0.6 is 27.5 Å². The maximum atomic E-state index is 12.2. The zero-order valence-corrected chi connectivity index (χ0v) is 12.0. The standard InChI is InChI=1S/C13H12BrClN2O/c14-11-7-10(1-2-12(11)15)13(18)17-5-3-9(8-16)4-6-17/h1-2,7,9H,3-6H2. The van der Waals surface area contributed by atoms with Gasteiger partial charge in [-0.1, -0.05) is 11.6 Å². The first-order valence-electron chi connectivity index (χ1n) is 5.75. The van der Waals surface area contributed by atoms with Gasteiger partial charge in [0.2, 0.25) is 0 Å². The van der Waals surface area contributed by atoms with Gasteiger partial charge in [0.25, 0.3) is 5.91 Å². The summed E-state index contributed by atoms with van der Waals surface area (Å²) in [6, 6.07) is 7.43. The van der Waals surface area contributed by atoms with Crippen LogP contribution in [0.5, 0.6) is 0 Å². The second kappa shape index (κ2) is 5.73. The molecule has 94 valence electrons. The van der Waals surface area contributed by atoms with Crippen LogP contribution in [-0.4, -0.2) is 23.9 Å².